The lowest BCUT2D eigenvalue weighted by Gasteiger charge is -2.35. The summed E-state index contributed by atoms with van der Waals surface area (Å²) in [7, 11) is 0. The Morgan fingerprint density at radius 3 is 2.52 bits per heavy atom. The van der Waals surface area contributed by atoms with Crippen LogP contribution in [0.25, 0.3) is 22.3 Å². The number of nitrogens with zero attached hydrogens (tertiary/aromatic N) is 4. The topological polar surface area (TPSA) is 57.7 Å². The van der Waals surface area contributed by atoms with Crippen LogP contribution in [0.5, 0.6) is 0 Å². The zero-order valence-corrected chi connectivity index (χ0v) is 18.6. The van der Waals surface area contributed by atoms with Gasteiger partial charge in [-0.15, -0.1) is 0 Å². The Morgan fingerprint density at radius 2 is 1.70 bits per heavy atom. The molecular weight excluding hydrogens is 406 g/mol. The molecule has 1 N–H and O–H groups in total. The SMILES string of the molecule is Cc1ccccc1-c1ncc(CN2CCc3c([nH]c4ccccc34)C2c2ccccn2)cn1. The van der Waals surface area contributed by atoms with Gasteiger partial charge in [-0.2, -0.15) is 0 Å². The average molecular weight is 432 g/mol. The van der Waals surface area contributed by atoms with E-state index < -0.39 is 0 Å². The molecule has 0 saturated heterocycles. The van der Waals surface area contributed by atoms with Gasteiger partial charge in [0.25, 0.3) is 0 Å². The minimum Gasteiger partial charge on any atom is -0.357 e. The molecule has 0 fully saturated rings. The van der Waals surface area contributed by atoms with Gasteiger partial charge >= 0.3 is 0 Å². The number of nitrogens with one attached hydrogen (secondary N) is 1. The molecule has 1 aliphatic heterocycles. The predicted molar refractivity (Wildman–Crippen MR) is 131 cm³/mol. The maximum atomic E-state index is 4.73. The fraction of sp³-hybridized carbons (Fsp3) is 0.179. The number of hydrogen-bond donors (Lipinski definition) is 1. The molecular formula is C28H25N5. The summed E-state index contributed by atoms with van der Waals surface area (Å²) in [5.41, 5.74) is 8.27. The molecule has 2 aromatic carbocycles. The van der Waals surface area contributed by atoms with Crippen LogP contribution in [0, 0.1) is 6.92 Å². The first-order valence-corrected chi connectivity index (χ1v) is 11.4. The number of aryl methyl sites for hydroxylation is 1. The van der Waals surface area contributed by atoms with Crippen LogP contribution < -0.4 is 0 Å². The van der Waals surface area contributed by atoms with Crippen LogP contribution in [0.1, 0.15) is 34.1 Å². The highest BCUT2D eigenvalue weighted by Gasteiger charge is 2.32. The van der Waals surface area contributed by atoms with E-state index in [2.05, 4.69) is 65.3 Å². The molecule has 0 amide bonds. The summed E-state index contributed by atoms with van der Waals surface area (Å²) in [6, 6.07) is 23.0. The second-order valence-corrected chi connectivity index (χ2v) is 8.67. The van der Waals surface area contributed by atoms with E-state index in [0.717, 1.165) is 42.2 Å². The fourth-order valence-corrected chi connectivity index (χ4v) is 4.97. The third-order valence-electron chi connectivity index (χ3n) is 6.58. The molecule has 5 heteroatoms. The Hall–Kier alpha value is -3.83. The highest BCUT2D eigenvalue weighted by Crippen LogP contribution is 2.38. The van der Waals surface area contributed by atoms with Crippen LogP contribution >= 0.6 is 0 Å². The van der Waals surface area contributed by atoms with Gasteiger partial charge in [0.2, 0.25) is 0 Å². The molecule has 5 aromatic rings. The summed E-state index contributed by atoms with van der Waals surface area (Å²) in [4.78, 5) is 20.3. The summed E-state index contributed by atoms with van der Waals surface area (Å²) < 4.78 is 0. The molecule has 3 aromatic heterocycles. The predicted octanol–water partition coefficient (Wildman–Crippen LogP) is 5.48. The van der Waals surface area contributed by atoms with Crippen LogP contribution in [0.15, 0.2) is 85.3 Å². The van der Waals surface area contributed by atoms with E-state index in [0.29, 0.717) is 0 Å². The molecule has 0 aliphatic carbocycles. The molecule has 1 aliphatic rings. The summed E-state index contributed by atoms with van der Waals surface area (Å²) in [6.45, 7) is 3.81. The van der Waals surface area contributed by atoms with E-state index in [1.165, 1.54) is 27.7 Å². The minimum absolute atomic E-state index is 0.0680. The smallest absolute Gasteiger partial charge is 0.159 e. The zero-order valence-electron chi connectivity index (χ0n) is 18.6. The summed E-state index contributed by atoms with van der Waals surface area (Å²) >= 11 is 0. The van der Waals surface area contributed by atoms with Gasteiger partial charge in [0.15, 0.2) is 5.82 Å². The number of rotatable bonds is 4. The highest BCUT2D eigenvalue weighted by molar-refractivity contribution is 5.85. The van der Waals surface area contributed by atoms with Gasteiger partial charge in [-0.25, -0.2) is 9.97 Å². The van der Waals surface area contributed by atoms with E-state index in [-0.39, 0.29) is 6.04 Å². The van der Waals surface area contributed by atoms with Gasteiger partial charge in [-0.3, -0.25) is 9.88 Å². The van der Waals surface area contributed by atoms with E-state index in [1.807, 2.05) is 36.8 Å². The van der Waals surface area contributed by atoms with Gasteiger partial charge in [0.1, 0.15) is 0 Å². The molecule has 0 radical (unpaired) electrons. The van der Waals surface area contributed by atoms with Crippen molar-refractivity contribution in [3.8, 4) is 11.4 Å². The lowest BCUT2D eigenvalue weighted by molar-refractivity contribution is 0.198. The average Bonchev–Trinajstić information content (AvgIpc) is 3.24. The molecule has 5 nitrogen and oxygen atoms in total. The van der Waals surface area contributed by atoms with Crippen molar-refractivity contribution in [2.45, 2.75) is 25.9 Å². The van der Waals surface area contributed by atoms with Gasteiger partial charge < -0.3 is 4.98 Å². The summed E-state index contributed by atoms with van der Waals surface area (Å²) in [6.07, 6.45) is 6.81. The highest BCUT2D eigenvalue weighted by atomic mass is 15.2. The number of pyridine rings is 1. The van der Waals surface area contributed by atoms with Crippen molar-refractivity contribution < 1.29 is 0 Å². The summed E-state index contributed by atoms with van der Waals surface area (Å²) in [5, 5.41) is 1.32. The van der Waals surface area contributed by atoms with Gasteiger partial charge in [0.05, 0.1) is 11.7 Å². The first-order valence-electron chi connectivity index (χ1n) is 11.4. The lowest BCUT2D eigenvalue weighted by Crippen LogP contribution is -2.36. The first-order chi connectivity index (χ1) is 16.3. The number of fused-ring (bicyclic) bond motifs is 3. The second kappa shape index (κ2) is 8.26. The Kier molecular flexibility index (Phi) is 4.96. The monoisotopic (exact) mass is 431 g/mol. The van der Waals surface area contributed by atoms with Gasteiger partial charge in [-0.05, 0) is 42.7 Å². The maximum absolute atomic E-state index is 4.73. The number of para-hydroxylation sites is 1. The number of H-pyrrole nitrogens is 1. The number of benzene rings is 2. The van der Waals surface area contributed by atoms with E-state index in [4.69, 9.17) is 15.0 Å². The zero-order chi connectivity index (χ0) is 22.2. The molecule has 0 saturated carbocycles. The van der Waals surface area contributed by atoms with Gasteiger partial charge in [-0.1, -0.05) is 48.5 Å². The largest absolute Gasteiger partial charge is 0.357 e. The number of aromatic amines is 1. The van der Waals surface area contributed by atoms with E-state index >= 15 is 0 Å². The fourth-order valence-electron chi connectivity index (χ4n) is 4.97. The van der Waals surface area contributed by atoms with Crippen molar-refractivity contribution in [1.82, 2.24) is 24.8 Å². The second-order valence-electron chi connectivity index (χ2n) is 8.67. The van der Waals surface area contributed by atoms with Crippen molar-refractivity contribution in [2.75, 3.05) is 6.54 Å². The third-order valence-corrected chi connectivity index (χ3v) is 6.58. The van der Waals surface area contributed by atoms with Crippen molar-refractivity contribution >= 4 is 10.9 Å². The molecule has 0 bridgehead atoms. The van der Waals surface area contributed by atoms with Crippen molar-refractivity contribution in [2.24, 2.45) is 0 Å². The van der Waals surface area contributed by atoms with Crippen LogP contribution in [-0.2, 0) is 13.0 Å². The normalized spacial score (nSPS) is 16.1. The van der Waals surface area contributed by atoms with E-state index in [9.17, 15) is 0 Å². The maximum Gasteiger partial charge on any atom is 0.159 e. The summed E-state index contributed by atoms with van der Waals surface area (Å²) in [5.74, 6) is 0.773. The molecule has 6 rings (SSSR count). The quantitative estimate of drug-likeness (QED) is 0.410. The Morgan fingerprint density at radius 1 is 0.909 bits per heavy atom. The van der Waals surface area contributed by atoms with Crippen molar-refractivity contribution in [3.05, 3.63) is 113 Å². The third kappa shape index (κ3) is 3.60. The molecule has 1 atom stereocenters. The molecule has 33 heavy (non-hydrogen) atoms. The molecule has 162 valence electrons. The van der Waals surface area contributed by atoms with Crippen LogP contribution in [0.4, 0.5) is 0 Å². The molecule has 4 heterocycles. The van der Waals surface area contributed by atoms with Crippen LogP contribution in [0.3, 0.4) is 0 Å². The number of hydrogen-bond acceptors (Lipinski definition) is 4. The Bertz CT molecular complexity index is 1410. The Balaban J connectivity index is 1.35. The standard InChI is InChI=1S/C28H25N5/c1-19-8-2-3-9-21(19)28-30-16-20(17-31-28)18-33-15-13-23-22-10-4-5-11-24(22)32-26(23)27(33)25-12-6-7-14-29-25/h2-12,14,16-17,27,32H,13,15,18H2,1H3. The lowest BCUT2D eigenvalue weighted by atomic mass is 9.94. The van der Waals surface area contributed by atoms with Crippen LogP contribution in [-0.4, -0.2) is 31.4 Å². The van der Waals surface area contributed by atoms with Crippen molar-refractivity contribution in [3.63, 3.8) is 0 Å². The molecule has 0 spiro atoms. The van der Waals surface area contributed by atoms with Gasteiger partial charge in [0, 0.05) is 59.4 Å². The van der Waals surface area contributed by atoms with Crippen LogP contribution in [0.2, 0.25) is 0 Å². The minimum atomic E-state index is 0.0680. The van der Waals surface area contributed by atoms with E-state index in [1.54, 1.807) is 0 Å². The molecule has 1 unspecified atom stereocenters. The Labute approximate surface area is 193 Å². The first kappa shape index (κ1) is 19.8. The number of aromatic nitrogens is 4. The van der Waals surface area contributed by atoms with Crippen molar-refractivity contribution in [1.29, 1.82) is 0 Å².